The third-order valence-corrected chi connectivity index (χ3v) is 2.48. The van der Waals surface area contributed by atoms with Crippen molar-refractivity contribution in [3.8, 4) is 0 Å². The van der Waals surface area contributed by atoms with Crippen molar-refractivity contribution in [3.63, 3.8) is 0 Å². The first-order valence-corrected chi connectivity index (χ1v) is 5.54. The van der Waals surface area contributed by atoms with Crippen LogP contribution >= 0.6 is 0 Å². The second-order valence-electron chi connectivity index (χ2n) is 4.03. The fourth-order valence-electron chi connectivity index (χ4n) is 1.60. The van der Waals surface area contributed by atoms with Gasteiger partial charge in [-0.05, 0) is 24.6 Å². The van der Waals surface area contributed by atoms with Crippen LogP contribution in [0.2, 0.25) is 0 Å². The summed E-state index contributed by atoms with van der Waals surface area (Å²) in [4.78, 5) is 1.05. The summed E-state index contributed by atoms with van der Waals surface area (Å²) in [6, 6.07) is 6.15. The predicted molar refractivity (Wildman–Crippen MR) is 62.4 cm³/mol. The second-order valence-corrected chi connectivity index (χ2v) is 4.03. The van der Waals surface area contributed by atoms with Crippen LogP contribution in [-0.2, 0) is 0 Å². The average molecular weight is 263 g/mol. The number of halogens is 3. The van der Waals surface area contributed by atoms with Gasteiger partial charge in [0.25, 0.3) is 0 Å². The van der Waals surface area contributed by atoms with Crippen molar-refractivity contribution in [3.05, 3.63) is 29.8 Å². The fourth-order valence-corrected chi connectivity index (χ4v) is 1.60. The minimum Gasteiger partial charge on any atom is -0.395 e. The van der Waals surface area contributed by atoms with Crippen LogP contribution < -0.4 is 4.90 Å². The Morgan fingerprint density at radius 3 is 2.17 bits per heavy atom. The van der Waals surface area contributed by atoms with Gasteiger partial charge in [-0.25, -0.2) is 0 Å². The van der Waals surface area contributed by atoms with Gasteiger partial charge in [-0.1, -0.05) is 12.1 Å². The molecule has 1 aromatic carbocycles. The smallest absolute Gasteiger partial charge is 0.395 e. The van der Waals surface area contributed by atoms with E-state index in [4.69, 9.17) is 5.11 Å². The summed E-state index contributed by atoms with van der Waals surface area (Å²) in [5.74, 6) is 0. The highest BCUT2D eigenvalue weighted by Crippen LogP contribution is 2.23. The highest BCUT2D eigenvalue weighted by molar-refractivity contribution is 5.48. The van der Waals surface area contributed by atoms with Gasteiger partial charge in [0.15, 0.2) is 0 Å². The molecule has 102 valence electrons. The van der Waals surface area contributed by atoms with E-state index in [0.717, 1.165) is 4.90 Å². The molecule has 3 nitrogen and oxygen atoms in total. The number of hydrogen-bond donors (Lipinski definition) is 2. The molecule has 0 spiro atoms. The second kappa shape index (κ2) is 6.06. The molecule has 0 aromatic heterocycles. The Labute approximate surface area is 103 Å². The van der Waals surface area contributed by atoms with Gasteiger partial charge in [-0.15, -0.1) is 0 Å². The van der Waals surface area contributed by atoms with Crippen LogP contribution in [0.1, 0.15) is 18.6 Å². The standard InChI is InChI=1S/C12H16F3NO2/c1-9(18)10-2-4-11(5-3-10)16(6-7-17)8-12(13,14)15/h2-5,9,17-18H,6-8H2,1H3/t9-/m1/s1. The van der Waals surface area contributed by atoms with E-state index < -0.39 is 18.8 Å². The van der Waals surface area contributed by atoms with Crippen LogP contribution in [0, 0.1) is 0 Å². The Morgan fingerprint density at radius 2 is 1.78 bits per heavy atom. The zero-order valence-corrected chi connectivity index (χ0v) is 9.98. The molecule has 0 saturated carbocycles. The van der Waals surface area contributed by atoms with E-state index in [-0.39, 0.29) is 13.2 Å². The Kier molecular flexibility index (Phi) is 4.98. The Hall–Kier alpha value is -1.27. The molecule has 0 aliphatic rings. The van der Waals surface area contributed by atoms with Crippen molar-refractivity contribution in [2.24, 2.45) is 0 Å². The third-order valence-electron chi connectivity index (χ3n) is 2.48. The average Bonchev–Trinajstić information content (AvgIpc) is 2.27. The SMILES string of the molecule is C[C@@H](O)c1ccc(N(CCO)CC(F)(F)F)cc1. The molecule has 0 aliphatic carbocycles. The lowest BCUT2D eigenvalue weighted by atomic mass is 10.1. The zero-order valence-electron chi connectivity index (χ0n) is 9.98. The summed E-state index contributed by atoms with van der Waals surface area (Å²) in [5, 5.41) is 18.1. The van der Waals surface area contributed by atoms with Gasteiger partial charge in [0.2, 0.25) is 0 Å². The summed E-state index contributed by atoms with van der Waals surface area (Å²) in [6.07, 6.45) is -4.98. The van der Waals surface area contributed by atoms with Crippen LogP contribution in [0.5, 0.6) is 0 Å². The van der Waals surface area contributed by atoms with Crippen molar-refractivity contribution < 1.29 is 23.4 Å². The van der Waals surface area contributed by atoms with E-state index >= 15 is 0 Å². The molecule has 0 heterocycles. The molecule has 1 rings (SSSR count). The Bertz CT molecular complexity index is 363. The first kappa shape index (κ1) is 14.8. The summed E-state index contributed by atoms with van der Waals surface area (Å²) in [6.45, 7) is 0.0273. The quantitative estimate of drug-likeness (QED) is 0.855. The lowest BCUT2D eigenvalue weighted by Crippen LogP contribution is -2.36. The van der Waals surface area contributed by atoms with Crippen LogP contribution in [0.25, 0.3) is 0 Å². The summed E-state index contributed by atoms with van der Waals surface area (Å²) >= 11 is 0. The number of nitrogens with zero attached hydrogens (tertiary/aromatic N) is 1. The summed E-state index contributed by atoms with van der Waals surface area (Å²) in [5.41, 5.74) is 1.00. The first-order chi connectivity index (χ1) is 8.33. The van der Waals surface area contributed by atoms with E-state index in [1.807, 2.05) is 0 Å². The number of anilines is 1. The summed E-state index contributed by atoms with van der Waals surface area (Å²) in [7, 11) is 0. The number of hydrogen-bond acceptors (Lipinski definition) is 3. The molecular formula is C12H16F3NO2. The molecule has 1 aromatic rings. The van der Waals surface area contributed by atoms with Crippen molar-refractivity contribution in [2.45, 2.75) is 19.2 Å². The maximum absolute atomic E-state index is 12.4. The molecule has 0 unspecified atom stereocenters. The first-order valence-electron chi connectivity index (χ1n) is 5.54. The van der Waals surface area contributed by atoms with Crippen molar-refractivity contribution in [1.82, 2.24) is 0 Å². The zero-order chi connectivity index (χ0) is 13.8. The largest absolute Gasteiger partial charge is 0.405 e. The minimum atomic E-state index is -4.32. The van der Waals surface area contributed by atoms with Crippen molar-refractivity contribution >= 4 is 5.69 Å². The third kappa shape index (κ3) is 4.54. The molecule has 0 bridgehead atoms. The highest BCUT2D eigenvalue weighted by Gasteiger charge is 2.30. The molecule has 0 fully saturated rings. The van der Waals surface area contributed by atoms with Crippen molar-refractivity contribution in [1.29, 1.82) is 0 Å². The van der Waals surface area contributed by atoms with Crippen molar-refractivity contribution in [2.75, 3.05) is 24.6 Å². The number of benzene rings is 1. The molecule has 0 amide bonds. The maximum atomic E-state index is 12.4. The number of rotatable bonds is 5. The summed E-state index contributed by atoms with van der Waals surface area (Å²) < 4.78 is 37.1. The normalized spacial score (nSPS) is 13.4. The molecule has 0 saturated heterocycles. The van der Waals surface area contributed by atoms with Gasteiger partial charge in [0, 0.05) is 12.2 Å². The number of aliphatic hydroxyl groups is 2. The predicted octanol–water partition coefficient (Wildman–Crippen LogP) is 2.10. The van der Waals surface area contributed by atoms with Crippen LogP contribution in [-0.4, -0.2) is 36.1 Å². The van der Waals surface area contributed by atoms with E-state index in [9.17, 15) is 18.3 Å². The maximum Gasteiger partial charge on any atom is 0.405 e. The Balaban J connectivity index is 2.85. The monoisotopic (exact) mass is 263 g/mol. The fraction of sp³-hybridized carbons (Fsp3) is 0.500. The van der Waals surface area contributed by atoms with E-state index in [0.29, 0.717) is 11.3 Å². The van der Waals surface area contributed by atoms with E-state index in [1.165, 1.54) is 12.1 Å². The van der Waals surface area contributed by atoms with Gasteiger partial charge < -0.3 is 15.1 Å². The van der Waals surface area contributed by atoms with Gasteiger partial charge in [-0.3, -0.25) is 0 Å². The lowest BCUT2D eigenvalue weighted by molar-refractivity contribution is -0.119. The highest BCUT2D eigenvalue weighted by atomic mass is 19.4. The molecule has 0 aliphatic heterocycles. The van der Waals surface area contributed by atoms with Gasteiger partial charge in [0.1, 0.15) is 6.54 Å². The molecule has 2 N–H and O–H groups in total. The van der Waals surface area contributed by atoms with Crippen LogP contribution in [0.3, 0.4) is 0 Å². The number of alkyl halides is 3. The topological polar surface area (TPSA) is 43.7 Å². The van der Waals surface area contributed by atoms with Gasteiger partial charge in [0.05, 0.1) is 12.7 Å². The lowest BCUT2D eigenvalue weighted by Gasteiger charge is -2.25. The molecule has 0 radical (unpaired) electrons. The minimum absolute atomic E-state index is 0.0897. The van der Waals surface area contributed by atoms with Gasteiger partial charge in [-0.2, -0.15) is 13.2 Å². The molecule has 6 heteroatoms. The molecular weight excluding hydrogens is 247 g/mol. The number of aliphatic hydroxyl groups excluding tert-OH is 2. The van der Waals surface area contributed by atoms with Crippen LogP contribution in [0.4, 0.5) is 18.9 Å². The molecule has 18 heavy (non-hydrogen) atoms. The van der Waals surface area contributed by atoms with Crippen LogP contribution in [0.15, 0.2) is 24.3 Å². The van der Waals surface area contributed by atoms with Gasteiger partial charge >= 0.3 is 6.18 Å². The van der Waals surface area contributed by atoms with E-state index in [2.05, 4.69) is 0 Å². The Morgan fingerprint density at radius 1 is 1.22 bits per heavy atom. The van der Waals surface area contributed by atoms with E-state index in [1.54, 1.807) is 19.1 Å². The molecule has 1 atom stereocenters.